The van der Waals surface area contributed by atoms with Gasteiger partial charge in [-0.25, -0.2) is 4.98 Å². The van der Waals surface area contributed by atoms with Crippen LogP contribution in [0.25, 0.3) is 0 Å². The van der Waals surface area contributed by atoms with Gasteiger partial charge in [0.2, 0.25) is 5.95 Å². The molecule has 0 radical (unpaired) electrons. The molecule has 0 amide bonds. The van der Waals surface area contributed by atoms with Gasteiger partial charge in [-0.2, -0.15) is 9.45 Å². The monoisotopic (exact) mass is 241 g/mol. The molecule has 0 spiro atoms. The summed E-state index contributed by atoms with van der Waals surface area (Å²) in [7, 11) is 1.63. The second-order valence-electron chi connectivity index (χ2n) is 3.98. The van der Waals surface area contributed by atoms with Crippen LogP contribution in [0.4, 0.5) is 4.39 Å². The minimum Gasteiger partial charge on any atom is -0.383 e. The van der Waals surface area contributed by atoms with Gasteiger partial charge in [-0.1, -0.05) is 0 Å². The molecule has 1 aromatic heterocycles. The van der Waals surface area contributed by atoms with E-state index < -0.39 is 5.95 Å². The number of hydrogen-bond donors (Lipinski definition) is 1. The quantitative estimate of drug-likeness (QED) is 0.777. The molecule has 0 aliphatic carbocycles. The number of hydroxylamine groups is 2. The van der Waals surface area contributed by atoms with Gasteiger partial charge >= 0.3 is 0 Å². The van der Waals surface area contributed by atoms with Crippen LogP contribution in [0.5, 0.6) is 0 Å². The third kappa shape index (κ3) is 2.98. The van der Waals surface area contributed by atoms with Crippen molar-refractivity contribution in [2.45, 2.75) is 12.1 Å². The van der Waals surface area contributed by atoms with E-state index in [0.717, 1.165) is 0 Å². The van der Waals surface area contributed by atoms with Gasteiger partial charge in [0, 0.05) is 26.4 Å². The number of pyridine rings is 1. The Kier molecular flexibility index (Phi) is 4.01. The van der Waals surface area contributed by atoms with Crippen LogP contribution in [0.2, 0.25) is 0 Å². The van der Waals surface area contributed by atoms with Crippen molar-refractivity contribution >= 4 is 0 Å². The van der Waals surface area contributed by atoms with Crippen LogP contribution in [0, 0.1) is 5.95 Å². The molecule has 1 fully saturated rings. The summed E-state index contributed by atoms with van der Waals surface area (Å²) in [5.41, 5.74) is 6.69. The molecule has 1 aromatic rings. The summed E-state index contributed by atoms with van der Waals surface area (Å²) in [6.45, 7) is 1.83. The summed E-state index contributed by atoms with van der Waals surface area (Å²) in [6, 6.07) is 2.89. The predicted octanol–water partition coefficient (Wildman–Crippen LogP) is 0.483. The third-order valence-corrected chi connectivity index (χ3v) is 2.69. The van der Waals surface area contributed by atoms with Crippen molar-refractivity contribution in [1.82, 2.24) is 10.0 Å². The van der Waals surface area contributed by atoms with Crippen molar-refractivity contribution in [1.29, 1.82) is 0 Å². The van der Waals surface area contributed by atoms with Crippen LogP contribution in [-0.2, 0) is 9.57 Å². The standard InChI is InChI=1S/C11H16FN3O2/c1-16-5-4-15-7-9(13)11(17-15)8-2-3-14-10(12)6-8/h2-3,6,9,11H,4-5,7,13H2,1H3/t9-,11+/m1/s1. The average Bonchev–Trinajstić information content (AvgIpc) is 2.68. The summed E-state index contributed by atoms with van der Waals surface area (Å²) in [4.78, 5) is 9.16. The molecule has 1 saturated heterocycles. The number of hydrogen-bond acceptors (Lipinski definition) is 5. The highest BCUT2D eigenvalue weighted by Crippen LogP contribution is 2.27. The molecule has 17 heavy (non-hydrogen) atoms. The van der Waals surface area contributed by atoms with Gasteiger partial charge < -0.3 is 10.5 Å². The van der Waals surface area contributed by atoms with E-state index in [4.69, 9.17) is 15.3 Å². The van der Waals surface area contributed by atoms with Crippen molar-refractivity contribution in [3.05, 3.63) is 29.8 Å². The first-order chi connectivity index (χ1) is 8.20. The predicted molar refractivity (Wildman–Crippen MR) is 59.4 cm³/mol. The summed E-state index contributed by atoms with van der Waals surface area (Å²) >= 11 is 0. The van der Waals surface area contributed by atoms with Crippen LogP contribution in [-0.4, -0.2) is 42.9 Å². The fraction of sp³-hybridized carbons (Fsp3) is 0.545. The summed E-state index contributed by atoms with van der Waals surface area (Å²) < 4.78 is 18.0. The zero-order valence-corrected chi connectivity index (χ0v) is 9.67. The number of methoxy groups -OCH3 is 1. The molecule has 1 aliphatic rings. The molecule has 2 N–H and O–H groups in total. The minimum atomic E-state index is -0.520. The van der Waals surface area contributed by atoms with Gasteiger partial charge in [-0.15, -0.1) is 0 Å². The van der Waals surface area contributed by atoms with Gasteiger partial charge in [0.15, 0.2) is 0 Å². The smallest absolute Gasteiger partial charge is 0.213 e. The van der Waals surface area contributed by atoms with Gasteiger partial charge in [-0.3, -0.25) is 4.84 Å². The first-order valence-corrected chi connectivity index (χ1v) is 5.48. The summed E-state index contributed by atoms with van der Waals surface area (Å²) in [5, 5.41) is 1.75. The topological polar surface area (TPSA) is 60.6 Å². The van der Waals surface area contributed by atoms with Crippen molar-refractivity contribution < 1.29 is 14.0 Å². The molecule has 0 saturated carbocycles. The second kappa shape index (κ2) is 5.50. The highest BCUT2D eigenvalue weighted by Gasteiger charge is 2.32. The number of halogens is 1. The lowest BCUT2D eigenvalue weighted by Crippen LogP contribution is -2.30. The highest BCUT2D eigenvalue weighted by atomic mass is 19.1. The summed E-state index contributed by atoms with van der Waals surface area (Å²) in [6.07, 6.45) is 1.10. The average molecular weight is 241 g/mol. The molecule has 2 heterocycles. The lowest BCUT2D eigenvalue weighted by molar-refractivity contribution is -0.154. The van der Waals surface area contributed by atoms with Crippen LogP contribution in [0.1, 0.15) is 11.7 Å². The van der Waals surface area contributed by atoms with E-state index in [1.165, 1.54) is 12.3 Å². The van der Waals surface area contributed by atoms with Crippen LogP contribution < -0.4 is 5.73 Å². The molecule has 0 aromatic carbocycles. The van der Waals surface area contributed by atoms with Gasteiger partial charge in [0.05, 0.1) is 12.6 Å². The van der Waals surface area contributed by atoms with Gasteiger partial charge in [-0.05, 0) is 17.7 Å². The Hall–Kier alpha value is -1.08. The molecule has 6 heteroatoms. The van der Waals surface area contributed by atoms with Crippen molar-refractivity contribution in [3.8, 4) is 0 Å². The molecular weight excluding hydrogens is 225 g/mol. The largest absolute Gasteiger partial charge is 0.383 e. The molecule has 94 valence electrons. The lowest BCUT2D eigenvalue weighted by atomic mass is 10.1. The third-order valence-electron chi connectivity index (χ3n) is 2.69. The van der Waals surface area contributed by atoms with E-state index in [2.05, 4.69) is 4.98 Å². The Bertz CT molecular complexity index is 377. The Morgan fingerprint density at radius 1 is 1.71 bits per heavy atom. The minimum absolute atomic E-state index is 0.173. The molecule has 0 unspecified atom stereocenters. The first kappa shape index (κ1) is 12.4. The Morgan fingerprint density at radius 3 is 3.24 bits per heavy atom. The number of nitrogens with two attached hydrogens (primary N) is 1. The maximum absolute atomic E-state index is 13.0. The first-order valence-electron chi connectivity index (χ1n) is 5.48. The number of rotatable bonds is 4. The Balaban J connectivity index is 2.02. The molecule has 5 nitrogen and oxygen atoms in total. The van der Waals surface area contributed by atoms with Crippen LogP contribution in [0.15, 0.2) is 18.3 Å². The van der Waals surface area contributed by atoms with E-state index in [-0.39, 0.29) is 12.1 Å². The van der Waals surface area contributed by atoms with E-state index in [1.807, 2.05) is 0 Å². The van der Waals surface area contributed by atoms with E-state index >= 15 is 0 Å². The van der Waals surface area contributed by atoms with E-state index in [9.17, 15) is 4.39 Å². The van der Waals surface area contributed by atoms with Crippen molar-refractivity contribution in [2.75, 3.05) is 26.8 Å². The molecular formula is C11H16FN3O2. The molecule has 1 aliphatic heterocycles. The second-order valence-corrected chi connectivity index (χ2v) is 3.98. The zero-order valence-electron chi connectivity index (χ0n) is 9.67. The zero-order chi connectivity index (χ0) is 12.3. The number of aromatic nitrogens is 1. The maximum Gasteiger partial charge on any atom is 0.213 e. The fourth-order valence-corrected chi connectivity index (χ4v) is 1.85. The van der Waals surface area contributed by atoms with Crippen molar-refractivity contribution in [2.24, 2.45) is 5.73 Å². The van der Waals surface area contributed by atoms with Crippen LogP contribution in [0.3, 0.4) is 0 Å². The van der Waals surface area contributed by atoms with E-state index in [1.54, 1.807) is 18.2 Å². The highest BCUT2D eigenvalue weighted by molar-refractivity contribution is 5.17. The SMILES string of the molecule is COCCN1C[C@@H](N)[C@H](c2ccnc(F)c2)O1. The number of ether oxygens (including phenoxy) is 1. The van der Waals surface area contributed by atoms with Crippen molar-refractivity contribution in [3.63, 3.8) is 0 Å². The molecule has 2 atom stereocenters. The molecule has 0 bridgehead atoms. The number of nitrogens with zero attached hydrogens (tertiary/aromatic N) is 2. The Labute approximate surface area is 99.3 Å². The maximum atomic E-state index is 13.0. The van der Waals surface area contributed by atoms with Crippen LogP contribution >= 0.6 is 0 Å². The van der Waals surface area contributed by atoms with E-state index in [0.29, 0.717) is 25.3 Å². The lowest BCUT2D eigenvalue weighted by Gasteiger charge is -2.16. The molecule has 2 rings (SSSR count). The Morgan fingerprint density at radius 2 is 2.53 bits per heavy atom. The normalized spacial score (nSPS) is 25.4. The van der Waals surface area contributed by atoms with Gasteiger partial charge in [0.25, 0.3) is 0 Å². The fourth-order valence-electron chi connectivity index (χ4n) is 1.85. The van der Waals surface area contributed by atoms with Gasteiger partial charge in [0.1, 0.15) is 6.10 Å². The summed E-state index contributed by atoms with van der Waals surface area (Å²) in [5.74, 6) is -0.520.